The Morgan fingerprint density at radius 1 is 1.00 bits per heavy atom. The molecule has 1 amide bonds. The maximum Gasteiger partial charge on any atom is 0.344 e. The number of methoxy groups -OCH3 is 1. The lowest BCUT2D eigenvalue weighted by Crippen LogP contribution is -2.15. The summed E-state index contributed by atoms with van der Waals surface area (Å²) in [4.78, 5) is 36.6. The Labute approximate surface area is 211 Å². The Bertz CT molecular complexity index is 1600. The fraction of sp³-hybridized carbons (Fsp3) is 0.0357. The van der Waals surface area contributed by atoms with Gasteiger partial charge in [0.25, 0.3) is 11.6 Å². The predicted molar refractivity (Wildman–Crippen MR) is 137 cm³/mol. The summed E-state index contributed by atoms with van der Waals surface area (Å²) in [5.74, 6) is -1.10. The van der Waals surface area contributed by atoms with E-state index in [2.05, 4.69) is 5.32 Å². The number of benzene rings is 4. The number of nitrogens with zero attached hydrogens (tertiary/aromatic N) is 2. The first-order chi connectivity index (χ1) is 17.9. The number of amides is 1. The van der Waals surface area contributed by atoms with Crippen LogP contribution in [0.2, 0.25) is 0 Å². The lowest BCUT2D eigenvalue weighted by atomic mass is 10.0. The van der Waals surface area contributed by atoms with Crippen LogP contribution in [0.5, 0.6) is 11.5 Å². The first-order valence-electron chi connectivity index (χ1n) is 11.0. The summed E-state index contributed by atoms with van der Waals surface area (Å²) in [5.41, 5.74) is -0.185. The summed E-state index contributed by atoms with van der Waals surface area (Å²) in [6.07, 6.45) is 1.25. The summed E-state index contributed by atoms with van der Waals surface area (Å²) in [5, 5.41) is 25.0. The van der Waals surface area contributed by atoms with Crippen LogP contribution in [0.15, 0.2) is 90.5 Å². The number of hydrogen-bond acceptors (Lipinski definition) is 7. The van der Waals surface area contributed by atoms with Crippen molar-refractivity contribution in [3.05, 3.63) is 112 Å². The van der Waals surface area contributed by atoms with Crippen molar-refractivity contribution in [1.82, 2.24) is 0 Å². The van der Waals surface area contributed by atoms with E-state index in [-0.39, 0.29) is 22.8 Å². The number of ether oxygens (including phenoxy) is 2. The average molecular weight is 493 g/mol. The molecule has 0 saturated carbocycles. The van der Waals surface area contributed by atoms with Crippen LogP contribution < -0.4 is 14.8 Å². The number of nitro benzene ring substituents is 1. The van der Waals surface area contributed by atoms with E-state index in [1.165, 1.54) is 31.4 Å². The third-order valence-corrected chi connectivity index (χ3v) is 5.45. The van der Waals surface area contributed by atoms with Gasteiger partial charge in [-0.05, 0) is 41.1 Å². The van der Waals surface area contributed by atoms with Crippen LogP contribution in [0.25, 0.3) is 16.8 Å². The van der Waals surface area contributed by atoms with Gasteiger partial charge in [-0.15, -0.1) is 0 Å². The third kappa shape index (κ3) is 5.44. The van der Waals surface area contributed by atoms with Crippen molar-refractivity contribution in [1.29, 1.82) is 5.26 Å². The zero-order valence-corrected chi connectivity index (χ0v) is 19.5. The molecule has 0 aliphatic heterocycles. The van der Waals surface area contributed by atoms with E-state index in [9.17, 15) is 25.0 Å². The molecule has 4 rings (SSSR count). The molecule has 0 bridgehead atoms. The van der Waals surface area contributed by atoms with Crippen LogP contribution in [-0.2, 0) is 4.79 Å². The maximum atomic E-state index is 13.0. The normalized spacial score (nSPS) is 10.9. The molecule has 0 spiro atoms. The fourth-order valence-electron chi connectivity index (χ4n) is 3.64. The zero-order chi connectivity index (χ0) is 26.4. The van der Waals surface area contributed by atoms with Gasteiger partial charge in [0.15, 0.2) is 0 Å². The molecule has 0 heterocycles. The van der Waals surface area contributed by atoms with Crippen LogP contribution in [0.1, 0.15) is 15.9 Å². The van der Waals surface area contributed by atoms with Gasteiger partial charge in [0.2, 0.25) is 0 Å². The lowest BCUT2D eigenvalue weighted by Gasteiger charge is -2.10. The van der Waals surface area contributed by atoms with Crippen molar-refractivity contribution < 1.29 is 24.0 Å². The number of carbonyl (C=O) groups excluding carboxylic acids is 2. The summed E-state index contributed by atoms with van der Waals surface area (Å²) >= 11 is 0. The van der Waals surface area contributed by atoms with Crippen LogP contribution in [0.4, 0.5) is 11.4 Å². The van der Waals surface area contributed by atoms with Gasteiger partial charge in [0.1, 0.15) is 28.8 Å². The summed E-state index contributed by atoms with van der Waals surface area (Å²) < 4.78 is 10.6. The van der Waals surface area contributed by atoms with Gasteiger partial charge in [0.05, 0.1) is 23.7 Å². The molecule has 0 fully saturated rings. The average Bonchev–Trinajstić information content (AvgIpc) is 2.92. The van der Waals surface area contributed by atoms with Gasteiger partial charge >= 0.3 is 5.97 Å². The number of esters is 1. The summed E-state index contributed by atoms with van der Waals surface area (Å²) in [6, 6.07) is 24.8. The van der Waals surface area contributed by atoms with Crippen LogP contribution >= 0.6 is 0 Å². The van der Waals surface area contributed by atoms with Crippen molar-refractivity contribution in [3.8, 4) is 17.6 Å². The topological polar surface area (TPSA) is 132 Å². The Morgan fingerprint density at radius 2 is 1.73 bits per heavy atom. The van der Waals surface area contributed by atoms with E-state index in [0.717, 1.165) is 16.8 Å². The highest BCUT2D eigenvalue weighted by Gasteiger charge is 2.20. The molecule has 0 saturated heterocycles. The Kier molecular flexibility index (Phi) is 7.21. The number of hydrogen-bond donors (Lipinski definition) is 1. The monoisotopic (exact) mass is 493 g/mol. The minimum atomic E-state index is -0.869. The third-order valence-electron chi connectivity index (χ3n) is 5.45. The highest BCUT2D eigenvalue weighted by atomic mass is 16.6. The second-order valence-electron chi connectivity index (χ2n) is 7.72. The molecule has 9 heteroatoms. The first kappa shape index (κ1) is 24.6. The largest absolute Gasteiger partial charge is 0.496 e. The van der Waals surface area contributed by atoms with E-state index >= 15 is 0 Å². The predicted octanol–water partition coefficient (Wildman–Crippen LogP) is 5.52. The molecule has 0 radical (unpaired) electrons. The quantitative estimate of drug-likeness (QED) is 0.0895. The smallest absolute Gasteiger partial charge is 0.344 e. The number of carbonyl (C=O) groups is 2. The lowest BCUT2D eigenvalue weighted by molar-refractivity contribution is -0.384. The standard InChI is InChI=1S/C28H19N3O6/c1-36-21-13-14-24(25(16-21)31(34)35)30-27(32)20(17-29)15-19-8-3-5-12-26(19)37-28(33)23-11-6-9-18-7-2-4-10-22(18)23/h2-16H,1H3,(H,30,32)/b20-15+. The highest BCUT2D eigenvalue weighted by Crippen LogP contribution is 2.30. The van der Waals surface area contributed by atoms with E-state index in [0.29, 0.717) is 11.1 Å². The van der Waals surface area contributed by atoms with Gasteiger partial charge in [-0.25, -0.2) is 4.79 Å². The van der Waals surface area contributed by atoms with Crippen molar-refractivity contribution in [2.75, 3.05) is 12.4 Å². The molecular formula is C28H19N3O6. The second-order valence-corrected chi connectivity index (χ2v) is 7.72. The van der Waals surface area contributed by atoms with Crippen LogP contribution in [0, 0.1) is 21.4 Å². The van der Waals surface area contributed by atoms with Gasteiger partial charge in [0, 0.05) is 5.56 Å². The van der Waals surface area contributed by atoms with Crippen LogP contribution in [0.3, 0.4) is 0 Å². The molecule has 0 aromatic heterocycles. The van der Waals surface area contributed by atoms with Gasteiger partial charge in [-0.1, -0.05) is 54.6 Å². The maximum absolute atomic E-state index is 13.0. The van der Waals surface area contributed by atoms with E-state index in [1.54, 1.807) is 36.4 Å². The molecule has 4 aromatic carbocycles. The molecule has 37 heavy (non-hydrogen) atoms. The summed E-state index contributed by atoms with van der Waals surface area (Å²) in [6.45, 7) is 0. The molecule has 4 aromatic rings. The number of rotatable bonds is 7. The molecule has 9 nitrogen and oxygen atoms in total. The highest BCUT2D eigenvalue weighted by molar-refractivity contribution is 6.11. The molecule has 0 unspecified atom stereocenters. The van der Waals surface area contributed by atoms with E-state index in [1.807, 2.05) is 30.3 Å². The molecule has 1 N–H and O–H groups in total. The zero-order valence-electron chi connectivity index (χ0n) is 19.5. The molecule has 0 atom stereocenters. The number of anilines is 1. The van der Waals surface area contributed by atoms with Gasteiger partial charge < -0.3 is 14.8 Å². The Morgan fingerprint density at radius 3 is 2.49 bits per heavy atom. The summed E-state index contributed by atoms with van der Waals surface area (Å²) in [7, 11) is 1.36. The molecule has 0 aliphatic rings. The number of fused-ring (bicyclic) bond motifs is 1. The van der Waals surface area contributed by atoms with Crippen molar-refractivity contribution in [3.63, 3.8) is 0 Å². The van der Waals surface area contributed by atoms with E-state index in [4.69, 9.17) is 9.47 Å². The van der Waals surface area contributed by atoms with Crippen LogP contribution in [-0.4, -0.2) is 23.9 Å². The van der Waals surface area contributed by atoms with Crippen molar-refractivity contribution in [2.45, 2.75) is 0 Å². The Hall–Kier alpha value is -5.49. The van der Waals surface area contributed by atoms with Gasteiger partial charge in [-0.2, -0.15) is 5.26 Å². The number of nitro groups is 1. The minimum Gasteiger partial charge on any atom is -0.496 e. The van der Waals surface area contributed by atoms with Crippen molar-refractivity contribution >= 4 is 40.1 Å². The number of nitrogens with one attached hydrogen (secondary N) is 1. The number of nitriles is 1. The van der Waals surface area contributed by atoms with Crippen molar-refractivity contribution in [2.24, 2.45) is 0 Å². The molecular weight excluding hydrogens is 474 g/mol. The first-order valence-corrected chi connectivity index (χ1v) is 11.0. The second kappa shape index (κ2) is 10.8. The SMILES string of the molecule is COc1ccc(NC(=O)/C(C#N)=C/c2ccccc2OC(=O)c2cccc3ccccc23)c([N+](=O)[O-])c1. The number of para-hydroxylation sites is 1. The van der Waals surface area contributed by atoms with Gasteiger partial charge in [-0.3, -0.25) is 14.9 Å². The minimum absolute atomic E-state index is 0.104. The van der Waals surface area contributed by atoms with E-state index < -0.39 is 22.5 Å². The molecule has 182 valence electrons. The molecule has 0 aliphatic carbocycles. The Balaban J connectivity index is 1.62. The fourth-order valence-corrected chi connectivity index (χ4v) is 3.64.